The van der Waals surface area contributed by atoms with E-state index in [-0.39, 0.29) is 11.3 Å². The summed E-state index contributed by atoms with van der Waals surface area (Å²) >= 11 is 0. The molecule has 0 aliphatic heterocycles. The van der Waals surface area contributed by atoms with Crippen LogP contribution in [-0.2, 0) is 0 Å². The maximum absolute atomic E-state index is 9.13. The first-order valence-electron chi connectivity index (χ1n) is 7.54. The van der Waals surface area contributed by atoms with E-state index in [9.17, 15) is 0 Å². The van der Waals surface area contributed by atoms with Gasteiger partial charge in [-0.05, 0) is 30.3 Å². The molecule has 0 saturated carbocycles. The molecule has 1 aromatic heterocycles. The smallest absolute Gasteiger partial charge is 0.163 e. The number of anilines is 1. The highest BCUT2D eigenvalue weighted by Gasteiger charge is 2.09. The van der Waals surface area contributed by atoms with Crippen molar-refractivity contribution in [3.63, 3.8) is 0 Å². The molecular formula is C19H12N6O. The van der Waals surface area contributed by atoms with E-state index in [1.165, 1.54) is 0 Å². The van der Waals surface area contributed by atoms with Gasteiger partial charge in [-0.15, -0.1) is 0 Å². The van der Waals surface area contributed by atoms with Crippen molar-refractivity contribution in [3.05, 3.63) is 53.7 Å². The fraction of sp³-hybridized carbons (Fsp3) is 0.0526. The molecular weight excluding hydrogens is 328 g/mol. The number of aromatic nitrogens is 2. The van der Waals surface area contributed by atoms with E-state index in [0.29, 0.717) is 11.5 Å². The molecule has 0 atom stereocenters. The SMILES string of the molecule is COc1cccc(-c2nc3ccc(NC(C#N)=C(C#N)C#N)cc3[nH]2)c1. The number of imidazole rings is 1. The lowest BCUT2D eigenvalue weighted by atomic mass is 10.2. The van der Waals surface area contributed by atoms with Gasteiger partial charge in [0.25, 0.3) is 0 Å². The summed E-state index contributed by atoms with van der Waals surface area (Å²) in [5.41, 5.74) is 2.58. The fourth-order valence-electron chi connectivity index (χ4n) is 2.42. The van der Waals surface area contributed by atoms with Gasteiger partial charge in [0, 0.05) is 11.3 Å². The first kappa shape index (κ1) is 16.6. The Bertz CT molecular complexity index is 1120. The number of methoxy groups -OCH3 is 1. The minimum absolute atomic E-state index is 0.0955. The molecule has 2 N–H and O–H groups in total. The van der Waals surface area contributed by atoms with Crippen LogP contribution in [0.5, 0.6) is 5.75 Å². The summed E-state index contributed by atoms with van der Waals surface area (Å²) in [7, 11) is 1.60. The molecule has 7 nitrogen and oxygen atoms in total. The predicted octanol–water partition coefficient (Wildman–Crippen LogP) is 3.48. The van der Waals surface area contributed by atoms with E-state index in [1.807, 2.05) is 30.3 Å². The van der Waals surface area contributed by atoms with Gasteiger partial charge in [0.15, 0.2) is 5.57 Å². The second kappa shape index (κ2) is 7.09. The molecule has 0 radical (unpaired) electrons. The van der Waals surface area contributed by atoms with Gasteiger partial charge in [-0.3, -0.25) is 0 Å². The number of ether oxygens (including phenoxy) is 1. The molecule has 0 aliphatic rings. The van der Waals surface area contributed by atoms with Gasteiger partial charge in [0.2, 0.25) is 0 Å². The summed E-state index contributed by atoms with van der Waals surface area (Å²) < 4.78 is 5.23. The first-order chi connectivity index (χ1) is 12.7. The van der Waals surface area contributed by atoms with Gasteiger partial charge in [-0.2, -0.15) is 15.8 Å². The van der Waals surface area contributed by atoms with Crippen molar-refractivity contribution in [1.29, 1.82) is 15.8 Å². The van der Waals surface area contributed by atoms with Crippen LogP contribution >= 0.6 is 0 Å². The molecule has 1 heterocycles. The minimum Gasteiger partial charge on any atom is -0.497 e. The molecule has 124 valence electrons. The Labute approximate surface area is 149 Å². The average Bonchev–Trinajstić information content (AvgIpc) is 3.11. The molecule has 0 amide bonds. The van der Waals surface area contributed by atoms with E-state index < -0.39 is 0 Å². The topological polar surface area (TPSA) is 121 Å². The maximum Gasteiger partial charge on any atom is 0.163 e. The van der Waals surface area contributed by atoms with E-state index in [1.54, 1.807) is 37.4 Å². The Balaban J connectivity index is 1.98. The number of hydrogen-bond acceptors (Lipinski definition) is 6. The summed E-state index contributed by atoms with van der Waals surface area (Å²) in [5, 5.41) is 29.7. The zero-order chi connectivity index (χ0) is 18.5. The summed E-state index contributed by atoms with van der Waals surface area (Å²) in [6.45, 7) is 0. The largest absolute Gasteiger partial charge is 0.497 e. The number of nitrogens with one attached hydrogen (secondary N) is 2. The third-order valence-electron chi connectivity index (χ3n) is 3.68. The van der Waals surface area contributed by atoms with Gasteiger partial charge >= 0.3 is 0 Å². The van der Waals surface area contributed by atoms with Crippen molar-refractivity contribution in [2.75, 3.05) is 12.4 Å². The number of rotatable bonds is 4. The van der Waals surface area contributed by atoms with Crippen LogP contribution in [0.3, 0.4) is 0 Å². The van der Waals surface area contributed by atoms with Gasteiger partial charge in [-0.1, -0.05) is 12.1 Å². The Morgan fingerprint density at radius 2 is 1.88 bits per heavy atom. The van der Waals surface area contributed by atoms with Crippen LogP contribution in [0, 0.1) is 34.0 Å². The lowest BCUT2D eigenvalue weighted by Gasteiger charge is -2.04. The maximum atomic E-state index is 9.13. The van der Waals surface area contributed by atoms with Crippen molar-refractivity contribution in [2.24, 2.45) is 0 Å². The molecule has 0 aliphatic carbocycles. The van der Waals surface area contributed by atoms with Gasteiger partial charge in [0.05, 0.1) is 18.1 Å². The summed E-state index contributed by atoms with van der Waals surface area (Å²) in [4.78, 5) is 7.76. The van der Waals surface area contributed by atoms with Crippen LogP contribution in [0.25, 0.3) is 22.4 Å². The second-order valence-electron chi connectivity index (χ2n) is 5.26. The van der Waals surface area contributed by atoms with E-state index in [4.69, 9.17) is 20.5 Å². The molecule has 7 heteroatoms. The van der Waals surface area contributed by atoms with Crippen LogP contribution < -0.4 is 10.1 Å². The van der Waals surface area contributed by atoms with Crippen LogP contribution in [0.4, 0.5) is 5.69 Å². The molecule has 0 fully saturated rings. The zero-order valence-electron chi connectivity index (χ0n) is 13.7. The Hall–Kier alpha value is -4.28. The Kier molecular flexibility index (Phi) is 4.52. The standard InChI is InChI=1S/C19H12N6O/c1-26-15-4-2-3-12(7-15)19-24-16-6-5-14(8-17(16)25-19)23-18(11-22)13(9-20)10-21/h2-8,23H,1H3,(H,24,25). The fourth-order valence-corrected chi connectivity index (χ4v) is 2.42. The van der Waals surface area contributed by atoms with E-state index in [0.717, 1.165) is 22.3 Å². The second-order valence-corrected chi connectivity index (χ2v) is 5.26. The van der Waals surface area contributed by atoms with Gasteiger partial charge < -0.3 is 15.0 Å². The van der Waals surface area contributed by atoms with E-state index in [2.05, 4.69) is 15.3 Å². The molecule has 0 bridgehead atoms. The van der Waals surface area contributed by atoms with E-state index >= 15 is 0 Å². The van der Waals surface area contributed by atoms with Crippen LogP contribution in [-0.4, -0.2) is 17.1 Å². The molecule has 0 unspecified atom stereocenters. The highest BCUT2D eigenvalue weighted by atomic mass is 16.5. The lowest BCUT2D eigenvalue weighted by molar-refractivity contribution is 0.415. The summed E-state index contributed by atoms with van der Waals surface area (Å²) in [6.07, 6.45) is 0. The van der Waals surface area contributed by atoms with Crippen molar-refractivity contribution >= 4 is 16.7 Å². The highest BCUT2D eigenvalue weighted by Crippen LogP contribution is 2.26. The monoisotopic (exact) mass is 340 g/mol. The van der Waals surface area contributed by atoms with Crippen molar-refractivity contribution in [3.8, 4) is 35.3 Å². The van der Waals surface area contributed by atoms with Crippen LogP contribution in [0.2, 0.25) is 0 Å². The zero-order valence-corrected chi connectivity index (χ0v) is 13.7. The first-order valence-corrected chi connectivity index (χ1v) is 7.54. The number of nitriles is 3. The van der Waals surface area contributed by atoms with Gasteiger partial charge in [0.1, 0.15) is 35.5 Å². The number of allylic oxidation sites excluding steroid dienone is 2. The van der Waals surface area contributed by atoms with Gasteiger partial charge in [-0.25, -0.2) is 4.98 Å². The summed E-state index contributed by atoms with van der Waals surface area (Å²) in [6, 6.07) is 18.0. The number of hydrogen-bond donors (Lipinski definition) is 2. The van der Waals surface area contributed by atoms with Crippen molar-refractivity contribution < 1.29 is 4.74 Å². The quantitative estimate of drug-likeness (QED) is 0.701. The highest BCUT2D eigenvalue weighted by molar-refractivity contribution is 5.83. The Morgan fingerprint density at radius 1 is 1.08 bits per heavy atom. The number of H-pyrrole nitrogens is 1. The van der Waals surface area contributed by atoms with Crippen molar-refractivity contribution in [2.45, 2.75) is 0 Å². The number of aromatic amines is 1. The lowest BCUT2D eigenvalue weighted by Crippen LogP contribution is -2.00. The Morgan fingerprint density at radius 3 is 2.58 bits per heavy atom. The molecule has 3 aromatic rings. The normalized spacial score (nSPS) is 9.62. The predicted molar refractivity (Wildman–Crippen MR) is 95.6 cm³/mol. The minimum atomic E-state index is -0.269. The number of fused-ring (bicyclic) bond motifs is 1. The molecule has 0 saturated heterocycles. The van der Waals surface area contributed by atoms with Crippen molar-refractivity contribution in [1.82, 2.24) is 9.97 Å². The number of benzene rings is 2. The number of nitrogens with zero attached hydrogens (tertiary/aromatic N) is 4. The molecule has 26 heavy (non-hydrogen) atoms. The molecule has 3 rings (SSSR count). The average molecular weight is 340 g/mol. The summed E-state index contributed by atoms with van der Waals surface area (Å²) in [5.74, 6) is 1.41. The third kappa shape index (κ3) is 3.17. The van der Waals surface area contributed by atoms with Crippen LogP contribution in [0.15, 0.2) is 53.7 Å². The van der Waals surface area contributed by atoms with Crippen LogP contribution in [0.1, 0.15) is 0 Å². The molecule has 0 spiro atoms. The third-order valence-corrected chi connectivity index (χ3v) is 3.68. The molecule has 2 aromatic carbocycles.